The molecule has 2 aromatic carbocycles. The SMILES string of the molecule is CCCCCCn1c(CC)nc2c(c1=O)c1nc3ccccc3nc1n2-c1ccc(Cl)cc1. The lowest BCUT2D eigenvalue weighted by atomic mass is 10.2. The molecule has 168 valence electrons. The van der Waals surface area contributed by atoms with Gasteiger partial charge in [-0.15, -0.1) is 0 Å². The van der Waals surface area contributed by atoms with Crippen LogP contribution >= 0.6 is 11.6 Å². The van der Waals surface area contributed by atoms with Gasteiger partial charge in [-0.25, -0.2) is 15.0 Å². The standard InChI is InChI=1S/C26H26ClN5O/c1-3-5-6-9-16-31-21(4-2)30-24-22(26(31)33)23-25(29-20-11-8-7-10-19(20)28-23)32(24)18-14-12-17(27)13-15-18/h7-8,10-15H,3-6,9,16H2,1-2H3. The van der Waals surface area contributed by atoms with Crippen LogP contribution in [0.3, 0.4) is 0 Å². The van der Waals surface area contributed by atoms with Crippen LogP contribution in [-0.2, 0) is 13.0 Å². The summed E-state index contributed by atoms with van der Waals surface area (Å²) in [5.41, 5.74) is 4.14. The van der Waals surface area contributed by atoms with Crippen molar-refractivity contribution < 1.29 is 0 Å². The predicted octanol–water partition coefficient (Wildman–Crippen LogP) is 6.08. The zero-order valence-corrected chi connectivity index (χ0v) is 19.6. The van der Waals surface area contributed by atoms with Crippen LogP contribution in [0, 0.1) is 0 Å². The molecule has 3 heterocycles. The van der Waals surface area contributed by atoms with E-state index in [0.29, 0.717) is 40.2 Å². The fourth-order valence-electron chi connectivity index (χ4n) is 4.40. The first-order chi connectivity index (χ1) is 16.1. The van der Waals surface area contributed by atoms with Crippen LogP contribution in [-0.4, -0.2) is 24.1 Å². The first-order valence-electron chi connectivity index (χ1n) is 11.6. The average molecular weight is 460 g/mol. The Morgan fingerprint density at radius 2 is 1.58 bits per heavy atom. The van der Waals surface area contributed by atoms with Gasteiger partial charge in [-0.2, -0.15) is 0 Å². The second-order valence-electron chi connectivity index (χ2n) is 8.29. The Labute approximate surface area is 196 Å². The summed E-state index contributed by atoms with van der Waals surface area (Å²) in [6.45, 7) is 4.89. The van der Waals surface area contributed by atoms with Crippen LogP contribution < -0.4 is 5.56 Å². The molecule has 0 saturated heterocycles. The van der Waals surface area contributed by atoms with E-state index in [2.05, 4.69) is 6.92 Å². The summed E-state index contributed by atoms with van der Waals surface area (Å²) in [6, 6.07) is 15.2. The van der Waals surface area contributed by atoms with Crippen molar-refractivity contribution in [2.45, 2.75) is 52.5 Å². The van der Waals surface area contributed by atoms with Crippen molar-refractivity contribution in [3.8, 4) is 5.69 Å². The van der Waals surface area contributed by atoms with Crippen molar-refractivity contribution in [1.29, 1.82) is 0 Å². The van der Waals surface area contributed by atoms with Gasteiger partial charge in [0.2, 0.25) is 0 Å². The zero-order chi connectivity index (χ0) is 22.9. The highest BCUT2D eigenvalue weighted by Crippen LogP contribution is 2.29. The number of aromatic nitrogens is 5. The molecular formula is C26H26ClN5O. The van der Waals surface area contributed by atoms with E-state index in [9.17, 15) is 4.79 Å². The Morgan fingerprint density at radius 1 is 0.848 bits per heavy atom. The molecule has 7 heteroatoms. The molecular weight excluding hydrogens is 434 g/mol. The Bertz CT molecular complexity index is 1520. The molecule has 33 heavy (non-hydrogen) atoms. The van der Waals surface area contributed by atoms with Crippen LogP contribution in [0.4, 0.5) is 0 Å². The molecule has 0 atom stereocenters. The number of aryl methyl sites for hydroxylation is 1. The lowest BCUT2D eigenvalue weighted by molar-refractivity contribution is 0.548. The predicted molar refractivity (Wildman–Crippen MR) is 134 cm³/mol. The van der Waals surface area contributed by atoms with Gasteiger partial charge in [-0.05, 0) is 42.8 Å². The summed E-state index contributed by atoms with van der Waals surface area (Å²) in [5, 5.41) is 1.17. The van der Waals surface area contributed by atoms with E-state index >= 15 is 0 Å². The van der Waals surface area contributed by atoms with E-state index in [1.54, 1.807) is 0 Å². The van der Waals surface area contributed by atoms with E-state index < -0.39 is 0 Å². The Balaban J connectivity index is 1.85. The highest BCUT2D eigenvalue weighted by molar-refractivity contribution is 6.30. The zero-order valence-electron chi connectivity index (χ0n) is 18.9. The summed E-state index contributed by atoms with van der Waals surface area (Å²) in [7, 11) is 0. The van der Waals surface area contributed by atoms with E-state index in [1.165, 1.54) is 6.42 Å². The van der Waals surface area contributed by atoms with E-state index in [-0.39, 0.29) is 5.56 Å². The van der Waals surface area contributed by atoms with Crippen LogP contribution in [0.1, 0.15) is 45.4 Å². The van der Waals surface area contributed by atoms with Crippen molar-refractivity contribution in [3.63, 3.8) is 0 Å². The molecule has 0 fully saturated rings. The fourth-order valence-corrected chi connectivity index (χ4v) is 4.53. The van der Waals surface area contributed by atoms with Crippen molar-refractivity contribution in [1.82, 2.24) is 24.1 Å². The monoisotopic (exact) mass is 459 g/mol. The van der Waals surface area contributed by atoms with Crippen molar-refractivity contribution in [3.05, 3.63) is 69.7 Å². The second-order valence-corrected chi connectivity index (χ2v) is 8.73. The summed E-state index contributed by atoms with van der Waals surface area (Å²) < 4.78 is 3.77. The minimum Gasteiger partial charge on any atom is -0.296 e. The number of benzene rings is 2. The Hall–Kier alpha value is -3.25. The maximum absolute atomic E-state index is 13.8. The van der Waals surface area contributed by atoms with E-state index in [0.717, 1.165) is 41.8 Å². The van der Waals surface area contributed by atoms with Crippen LogP contribution in [0.2, 0.25) is 5.02 Å². The molecule has 5 aromatic rings. The van der Waals surface area contributed by atoms with Gasteiger partial charge >= 0.3 is 0 Å². The third-order valence-corrected chi connectivity index (χ3v) is 6.33. The number of unbranched alkanes of at least 4 members (excludes halogenated alkanes) is 3. The Morgan fingerprint density at radius 3 is 2.27 bits per heavy atom. The number of halogens is 1. The number of para-hydroxylation sites is 2. The minimum absolute atomic E-state index is 0.0457. The van der Waals surface area contributed by atoms with Crippen molar-refractivity contribution >= 4 is 44.8 Å². The van der Waals surface area contributed by atoms with E-state index in [4.69, 9.17) is 26.6 Å². The molecule has 0 aliphatic rings. The summed E-state index contributed by atoms with van der Waals surface area (Å²) in [6.07, 6.45) is 5.05. The van der Waals surface area contributed by atoms with Crippen molar-refractivity contribution in [2.75, 3.05) is 0 Å². The maximum Gasteiger partial charge on any atom is 0.265 e. The van der Waals surface area contributed by atoms with E-state index in [1.807, 2.05) is 64.6 Å². The van der Waals surface area contributed by atoms with Gasteiger partial charge in [-0.3, -0.25) is 13.9 Å². The molecule has 5 rings (SSSR count). The van der Waals surface area contributed by atoms with Gasteiger partial charge in [0.15, 0.2) is 11.3 Å². The Kier molecular flexibility index (Phi) is 5.85. The van der Waals surface area contributed by atoms with Crippen LogP contribution in [0.25, 0.3) is 38.9 Å². The smallest absolute Gasteiger partial charge is 0.265 e. The number of hydrogen-bond acceptors (Lipinski definition) is 4. The number of rotatable bonds is 7. The van der Waals surface area contributed by atoms with Gasteiger partial charge in [-0.1, -0.05) is 56.8 Å². The molecule has 0 spiro atoms. The quantitative estimate of drug-likeness (QED) is 0.276. The first kappa shape index (κ1) is 21.6. The number of nitrogens with zero attached hydrogens (tertiary/aromatic N) is 5. The molecule has 0 saturated carbocycles. The van der Waals surface area contributed by atoms with Gasteiger partial charge < -0.3 is 0 Å². The van der Waals surface area contributed by atoms with Crippen LogP contribution in [0.15, 0.2) is 53.3 Å². The molecule has 0 unspecified atom stereocenters. The summed E-state index contributed by atoms with van der Waals surface area (Å²) in [4.78, 5) is 28.6. The normalized spacial score (nSPS) is 11.7. The first-order valence-corrected chi connectivity index (χ1v) is 12.0. The lowest BCUT2D eigenvalue weighted by Gasteiger charge is -2.12. The molecule has 0 aliphatic carbocycles. The third kappa shape index (κ3) is 3.78. The highest BCUT2D eigenvalue weighted by atomic mass is 35.5. The largest absolute Gasteiger partial charge is 0.296 e. The molecule has 0 amide bonds. The molecule has 0 aliphatic heterocycles. The van der Waals surface area contributed by atoms with Gasteiger partial charge in [0.1, 0.15) is 16.7 Å². The molecule has 0 bridgehead atoms. The number of hydrogen-bond donors (Lipinski definition) is 0. The summed E-state index contributed by atoms with van der Waals surface area (Å²) in [5.74, 6) is 0.784. The molecule has 3 aromatic heterocycles. The summed E-state index contributed by atoms with van der Waals surface area (Å²) >= 11 is 6.15. The highest BCUT2D eigenvalue weighted by Gasteiger charge is 2.22. The minimum atomic E-state index is -0.0457. The fraction of sp³-hybridized carbons (Fsp3) is 0.308. The lowest BCUT2D eigenvalue weighted by Crippen LogP contribution is -2.25. The third-order valence-electron chi connectivity index (χ3n) is 6.08. The van der Waals surface area contributed by atoms with Crippen molar-refractivity contribution in [2.24, 2.45) is 0 Å². The van der Waals surface area contributed by atoms with Gasteiger partial charge in [0.05, 0.1) is 11.0 Å². The topological polar surface area (TPSA) is 65.6 Å². The molecule has 6 nitrogen and oxygen atoms in total. The average Bonchev–Trinajstić information content (AvgIpc) is 3.15. The van der Waals surface area contributed by atoms with Gasteiger partial charge in [0.25, 0.3) is 5.56 Å². The second kappa shape index (κ2) is 8.94. The number of fused-ring (bicyclic) bond motifs is 4. The molecule has 0 N–H and O–H groups in total. The van der Waals surface area contributed by atoms with Crippen LogP contribution in [0.5, 0.6) is 0 Å². The van der Waals surface area contributed by atoms with Gasteiger partial charge in [0, 0.05) is 23.7 Å². The maximum atomic E-state index is 13.8. The molecule has 0 radical (unpaired) electrons.